The maximum atomic E-state index is 12.5. The van der Waals surface area contributed by atoms with Gasteiger partial charge in [-0.05, 0) is 24.3 Å². The number of nitrogens with two attached hydrogens (primary N) is 1. The number of halogens is 3. The molecule has 0 amide bonds. The molecule has 2 rings (SSSR count). The maximum Gasteiger partial charge on any atom is 0.416 e. The van der Waals surface area contributed by atoms with Crippen LogP contribution in [0.4, 0.5) is 18.9 Å². The van der Waals surface area contributed by atoms with Crippen LogP contribution in [-0.4, -0.2) is 5.97 Å². The molecule has 0 aliphatic rings. The second-order valence-electron chi connectivity index (χ2n) is 4.14. The molecular weight excluding hydrogens is 303 g/mol. The summed E-state index contributed by atoms with van der Waals surface area (Å²) in [4.78, 5) is 11.7. The van der Waals surface area contributed by atoms with Crippen LogP contribution in [0.1, 0.15) is 15.9 Å². The number of hydrogen-bond donors (Lipinski definition) is 1. The van der Waals surface area contributed by atoms with Gasteiger partial charge in [-0.25, -0.2) is 0 Å². The van der Waals surface area contributed by atoms with Crippen molar-refractivity contribution in [1.82, 2.24) is 0 Å². The van der Waals surface area contributed by atoms with Crippen molar-refractivity contribution in [3.8, 4) is 0 Å². The van der Waals surface area contributed by atoms with E-state index in [1.807, 2.05) is 0 Å². The lowest BCUT2D eigenvalue weighted by Gasteiger charge is -2.13. The Morgan fingerprint density at radius 1 is 1.10 bits per heavy atom. The van der Waals surface area contributed by atoms with E-state index < -0.39 is 17.7 Å². The van der Waals surface area contributed by atoms with E-state index in [4.69, 9.17) is 5.73 Å². The number of carboxylic acids is 1. The first-order valence-corrected chi connectivity index (χ1v) is 6.55. The van der Waals surface area contributed by atoms with E-state index >= 15 is 0 Å². The molecule has 2 N–H and O–H groups in total. The Hall–Kier alpha value is -2.15. The summed E-state index contributed by atoms with van der Waals surface area (Å²) in [6.45, 7) is 0. The Morgan fingerprint density at radius 2 is 1.76 bits per heavy atom. The quantitative estimate of drug-likeness (QED) is 0.885. The standard InChI is InChI=1S/C14H10F3NO2S/c15-14(16,17)8-5-6-12(10(18)7-8)21-11-4-2-1-3-9(11)13(19)20/h1-7H,18H2,(H,19,20)/p-1. The fraction of sp³-hybridized carbons (Fsp3) is 0.0714. The zero-order chi connectivity index (χ0) is 15.6. The number of carbonyl (C=O) groups is 1. The molecule has 0 bridgehead atoms. The predicted molar refractivity (Wildman–Crippen MR) is 70.8 cm³/mol. The summed E-state index contributed by atoms with van der Waals surface area (Å²) < 4.78 is 37.6. The van der Waals surface area contributed by atoms with Gasteiger partial charge in [-0.15, -0.1) is 0 Å². The van der Waals surface area contributed by atoms with E-state index in [1.165, 1.54) is 24.3 Å². The number of alkyl halides is 3. The highest BCUT2D eigenvalue weighted by Gasteiger charge is 2.30. The van der Waals surface area contributed by atoms with Gasteiger partial charge < -0.3 is 15.6 Å². The van der Waals surface area contributed by atoms with Gasteiger partial charge in [-0.3, -0.25) is 0 Å². The molecule has 2 aromatic carbocycles. The molecule has 0 heterocycles. The number of carbonyl (C=O) groups excluding carboxylic acids is 1. The van der Waals surface area contributed by atoms with Gasteiger partial charge in [0.2, 0.25) is 0 Å². The number of rotatable bonds is 3. The highest BCUT2D eigenvalue weighted by atomic mass is 32.2. The Kier molecular flexibility index (Phi) is 4.13. The molecule has 0 aromatic heterocycles. The van der Waals surface area contributed by atoms with Crippen LogP contribution in [0.3, 0.4) is 0 Å². The topological polar surface area (TPSA) is 66.2 Å². The molecule has 0 spiro atoms. The van der Waals surface area contributed by atoms with E-state index in [2.05, 4.69) is 0 Å². The summed E-state index contributed by atoms with van der Waals surface area (Å²) in [6, 6.07) is 8.99. The van der Waals surface area contributed by atoms with Gasteiger partial charge in [0.05, 0.1) is 11.5 Å². The van der Waals surface area contributed by atoms with Crippen molar-refractivity contribution in [3.63, 3.8) is 0 Å². The third-order valence-corrected chi connectivity index (χ3v) is 3.83. The fourth-order valence-corrected chi connectivity index (χ4v) is 2.62. The van der Waals surface area contributed by atoms with Crippen LogP contribution in [0, 0.1) is 0 Å². The van der Waals surface area contributed by atoms with Crippen molar-refractivity contribution in [2.75, 3.05) is 5.73 Å². The van der Waals surface area contributed by atoms with Crippen LogP contribution in [0.2, 0.25) is 0 Å². The summed E-state index contributed by atoms with van der Waals surface area (Å²) in [5, 5.41) is 11.0. The first kappa shape index (κ1) is 15.2. The number of benzene rings is 2. The Morgan fingerprint density at radius 3 is 2.33 bits per heavy atom. The van der Waals surface area contributed by atoms with Gasteiger partial charge in [0.25, 0.3) is 0 Å². The third-order valence-electron chi connectivity index (χ3n) is 2.66. The average molecular weight is 312 g/mol. The molecule has 21 heavy (non-hydrogen) atoms. The van der Waals surface area contributed by atoms with Crippen molar-refractivity contribution in [2.24, 2.45) is 0 Å². The summed E-state index contributed by atoms with van der Waals surface area (Å²) in [5.74, 6) is -1.36. The zero-order valence-corrected chi connectivity index (χ0v) is 11.3. The Balaban J connectivity index is 2.35. The van der Waals surface area contributed by atoms with Crippen molar-refractivity contribution >= 4 is 23.4 Å². The van der Waals surface area contributed by atoms with E-state index in [-0.39, 0.29) is 11.3 Å². The fourth-order valence-electron chi connectivity index (χ4n) is 1.66. The maximum absolute atomic E-state index is 12.5. The summed E-state index contributed by atoms with van der Waals surface area (Å²) >= 11 is 0.975. The molecule has 110 valence electrons. The highest BCUT2D eigenvalue weighted by molar-refractivity contribution is 7.99. The SMILES string of the molecule is Nc1cc(C(F)(F)F)ccc1Sc1ccccc1C(=O)[O-]. The van der Waals surface area contributed by atoms with Gasteiger partial charge in [-0.2, -0.15) is 13.2 Å². The summed E-state index contributed by atoms with van der Waals surface area (Å²) in [5.41, 5.74) is 4.65. The van der Waals surface area contributed by atoms with Gasteiger partial charge in [0.1, 0.15) is 0 Å². The second kappa shape index (κ2) is 5.69. The van der Waals surface area contributed by atoms with Gasteiger partial charge in [0.15, 0.2) is 0 Å². The van der Waals surface area contributed by atoms with Crippen LogP contribution in [-0.2, 0) is 6.18 Å². The van der Waals surface area contributed by atoms with Crippen LogP contribution in [0.15, 0.2) is 52.3 Å². The number of anilines is 1. The minimum Gasteiger partial charge on any atom is -0.545 e. The number of nitrogen functional groups attached to an aromatic ring is 1. The van der Waals surface area contributed by atoms with E-state index in [0.29, 0.717) is 9.79 Å². The zero-order valence-electron chi connectivity index (χ0n) is 10.5. The molecule has 0 saturated heterocycles. The normalized spacial score (nSPS) is 11.4. The van der Waals surface area contributed by atoms with Crippen molar-refractivity contribution in [1.29, 1.82) is 0 Å². The first-order chi connectivity index (χ1) is 9.79. The van der Waals surface area contributed by atoms with Crippen molar-refractivity contribution in [2.45, 2.75) is 16.0 Å². The molecule has 0 saturated carbocycles. The van der Waals surface area contributed by atoms with Crippen LogP contribution >= 0.6 is 11.8 Å². The molecule has 3 nitrogen and oxygen atoms in total. The van der Waals surface area contributed by atoms with Gasteiger partial charge >= 0.3 is 6.18 Å². The predicted octanol–water partition coefficient (Wildman–Crippen LogP) is 2.80. The van der Waals surface area contributed by atoms with E-state index in [9.17, 15) is 23.1 Å². The number of aromatic carboxylic acids is 1. The third kappa shape index (κ3) is 3.49. The minimum absolute atomic E-state index is 0.0400. The van der Waals surface area contributed by atoms with Crippen LogP contribution in [0.25, 0.3) is 0 Å². The van der Waals surface area contributed by atoms with Crippen LogP contribution in [0.5, 0.6) is 0 Å². The van der Waals surface area contributed by atoms with Gasteiger partial charge in [-0.1, -0.05) is 30.0 Å². The smallest absolute Gasteiger partial charge is 0.416 e. The lowest BCUT2D eigenvalue weighted by Crippen LogP contribution is -2.22. The number of carboxylic acid groups (broad SMARTS) is 1. The van der Waals surface area contributed by atoms with Crippen LogP contribution < -0.4 is 10.8 Å². The lowest BCUT2D eigenvalue weighted by molar-refractivity contribution is -0.255. The molecule has 0 unspecified atom stereocenters. The second-order valence-corrected chi connectivity index (χ2v) is 5.22. The first-order valence-electron chi connectivity index (χ1n) is 5.74. The summed E-state index contributed by atoms with van der Waals surface area (Å²) in [6.07, 6.45) is -4.47. The molecule has 0 atom stereocenters. The van der Waals surface area contributed by atoms with Gasteiger partial charge in [0, 0.05) is 21.0 Å². The molecular formula is C14H9F3NO2S-. The monoisotopic (exact) mass is 312 g/mol. The minimum atomic E-state index is -4.47. The molecule has 7 heteroatoms. The molecule has 0 aliphatic carbocycles. The largest absolute Gasteiger partial charge is 0.545 e. The van der Waals surface area contributed by atoms with E-state index in [1.54, 1.807) is 6.07 Å². The average Bonchev–Trinajstić information content (AvgIpc) is 2.40. The molecule has 0 aliphatic heterocycles. The molecule has 2 aromatic rings. The van der Waals surface area contributed by atoms with Crippen molar-refractivity contribution < 1.29 is 23.1 Å². The summed E-state index contributed by atoms with van der Waals surface area (Å²) in [7, 11) is 0. The number of hydrogen-bond acceptors (Lipinski definition) is 4. The Labute approximate surface area is 122 Å². The Bertz CT molecular complexity index is 686. The van der Waals surface area contributed by atoms with E-state index in [0.717, 1.165) is 23.9 Å². The molecule has 0 fully saturated rings. The van der Waals surface area contributed by atoms with Crippen molar-refractivity contribution in [3.05, 3.63) is 53.6 Å². The lowest BCUT2D eigenvalue weighted by atomic mass is 10.2. The molecule has 0 radical (unpaired) electrons. The highest BCUT2D eigenvalue weighted by Crippen LogP contribution is 2.37.